The van der Waals surface area contributed by atoms with Gasteiger partial charge in [-0.2, -0.15) is 5.10 Å². The van der Waals surface area contributed by atoms with Crippen molar-refractivity contribution in [2.75, 3.05) is 6.54 Å². The van der Waals surface area contributed by atoms with Gasteiger partial charge in [0.25, 0.3) is 11.5 Å². The van der Waals surface area contributed by atoms with Gasteiger partial charge in [0.15, 0.2) is 5.69 Å². The molecule has 0 saturated carbocycles. The number of H-pyrrole nitrogens is 1. The third-order valence-corrected chi connectivity index (χ3v) is 4.84. The zero-order valence-corrected chi connectivity index (χ0v) is 13.8. The first kappa shape index (κ1) is 14.8. The van der Waals surface area contributed by atoms with Gasteiger partial charge in [0.05, 0.1) is 23.3 Å². The minimum Gasteiger partial charge on any atom is -0.332 e. The Balaban J connectivity index is 1.55. The normalized spacial score (nSPS) is 13.9. The summed E-state index contributed by atoms with van der Waals surface area (Å²) in [6.45, 7) is 0.765. The SMILES string of the molecule is O=C(c1n[nH]c2ccccc12)N1CCc2nc3ccccn3c(=O)c2C1. The first-order valence-corrected chi connectivity index (χ1v) is 8.44. The van der Waals surface area contributed by atoms with Crippen molar-refractivity contribution in [3.05, 3.63) is 76.0 Å². The molecule has 0 fully saturated rings. The quantitative estimate of drug-likeness (QED) is 0.570. The highest BCUT2D eigenvalue weighted by atomic mass is 16.2. The Morgan fingerprint density at radius 1 is 1.12 bits per heavy atom. The zero-order chi connectivity index (χ0) is 17.7. The summed E-state index contributed by atoms with van der Waals surface area (Å²) in [4.78, 5) is 32.0. The zero-order valence-electron chi connectivity index (χ0n) is 13.8. The smallest absolute Gasteiger partial charge is 0.275 e. The van der Waals surface area contributed by atoms with Crippen LogP contribution in [-0.2, 0) is 13.0 Å². The van der Waals surface area contributed by atoms with E-state index in [2.05, 4.69) is 15.2 Å². The van der Waals surface area contributed by atoms with Gasteiger partial charge in [-0.15, -0.1) is 0 Å². The number of pyridine rings is 1. The van der Waals surface area contributed by atoms with Crippen molar-refractivity contribution in [3.63, 3.8) is 0 Å². The molecule has 5 rings (SSSR count). The van der Waals surface area contributed by atoms with Gasteiger partial charge in [-0.05, 0) is 18.2 Å². The molecule has 1 aliphatic rings. The highest BCUT2D eigenvalue weighted by Gasteiger charge is 2.27. The summed E-state index contributed by atoms with van der Waals surface area (Å²) < 4.78 is 1.52. The third-order valence-electron chi connectivity index (χ3n) is 4.84. The van der Waals surface area contributed by atoms with Crippen LogP contribution < -0.4 is 5.56 Å². The number of hydrogen-bond acceptors (Lipinski definition) is 4. The minimum atomic E-state index is -0.175. The molecular weight excluding hydrogens is 330 g/mol. The highest BCUT2D eigenvalue weighted by molar-refractivity contribution is 6.04. The molecule has 0 radical (unpaired) electrons. The number of benzene rings is 1. The van der Waals surface area contributed by atoms with Crippen LogP contribution in [0.4, 0.5) is 0 Å². The van der Waals surface area contributed by atoms with Crippen molar-refractivity contribution in [1.82, 2.24) is 24.5 Å². The number of aromatic nitrogens is 4. The van der Waals surface area contributed by atoms with Gasteiger partial charge in [0.1, 0.15) is 5.65 Å². The molecule has 1 amide bonds. The molecule has 4 aromatic rings. The monoisotopic (exact) mass is 345 g/mol. The Morgan fingerprint density at radius 3 is 2.88 bits per heavy atom. The summed E-state index contributed by atoms with van der Waals surface area (Å²) in [5.41, 5.74) is 3.08. The highest BCUT2D eigenvalue weighted by Crippen LogP contribution is 2.21. The summed E-state index contributed by atoms with van der Waals surface area (Å²) >= 11 is 0. The van der Waals surface area contributed by atoms with Crippen LogP contribution in [0.3, 0.4) is 0 Å². The topological polar surface area (TPSA) is 83.4 Å². The number of nitrogens with one attached hydrogen (secondary N) is 1. The molecule has 0 saturated heterocycles. The molecule has 0 spiro atoms. The lowest BCUT2D eigenvalue weighted by molar-refractivity contribution is 0.0728. The van der Waals surface area contributed by atoms with Gasteiger partial charge >= 0.3 is 0 Å². The molecule has 7 nitrogen and oxygen atoms in total. The van der Waals surface area contributed by atoms with Crippen molar-refractivity contribution < 1.29 is 4.79 Å². The molecule has 1 aliphatic heterocycles. The van der Waals surface area contributed by atoms with E-state index in [1.54, 1.807) is 17.2 Å². The van der Waals surface area contributed by atoms with Crippen molar-refractivity contribution in [2.24, 2.45) is 0 Å². The van der Waals surface area contributed by atoms with E-state index in [0.29, 0.717) is 29.9 Å². The average Bonchev–Trinajstić information content (AvgIpc) is 3.12. The Bertz CT molecular complexity index is 1220. The van der Waals surface area contributed by atoms with Crippen molar-refractivity contribution in [2.45, 2.75) is 13.0 Å². The Kier molecular flexibility index (Phi) is 3.15. The number of fused-ring (bicyclic) bond motifs is 3. The molecule has 0 bridgehead atoms. The molecule has 3 aromatic heterocycles. The summed E-state index contributed by atoms with van der Waals surface area (Å²) in [5, 5.41) is 7.86. The molecule has 4 heterocycles. The number of hydrogen-bond donors (Lipinski definition) is 1. The maximum Gasteiger partial charge on any atom is 0.275 e. The van der Waals surface area contributed by atoms with Crippen LogP contribution in [0.25, 0.3) is 16.6 Å². The second-order valence-electron chi connectivity index (χ2n) is 6.37. The predicted octanol–water partition coefficient (Wildman–Crippen LogP) is 1.77. The first-order valence-electron chi connectivity index (χ1n) is 8.44. The molecule has 0 aliphatic carbocycles. The molecule has 0 unspecified atom stereocenters. The molecule has 1 N–H and O–H groups in total. The van der Waals surface area contributed by atoms with Crippen LogP contribution in [0.1, 0.15) is 21.7 Å². The summed E-state index contributed by atoms with van der Waals surface area (Å²) in [6.07, 6.45) is 2.26. The molecule has 128 valence electrons. The van der Waals surface area contributed by atoms with Gasteiger partial charge < -0.3 is 4.90 Å². The summed E-state index contributed by atoms with van der Waals surface area (Å²) in [6, 6.07) is 13.0. The summed E-state index contributed by atoms with van der Waals surface area (Å²) in [5.74, 6) is -0.175. The lowest BCUT2D eigenvalue weighted by atomic mass is 10.1. The van der Waals surface area contributed by atoms with Crippen LogP contribution in [0.2, 0.25) is 0 Å². The Morgan fingerprint density at radius 2 is 1.96 bits per heavy atom. The first-order chi connectivity index (χ1) is 12.7. The molecular formula is C19H15N5O2. The molecule has 0 atom stereocenters. The fourth-order valence-electron chi connectivity index (χ4n) is 3.50. The van der Waals surface area contributed by atoms with Crippen LogP contribution >= 0.6 is 0 Å². The maximum atomic E-state index is 13.0. The Labute approximate surface area is 147 Å². The van der Waals surface area contributed by atoms with E-state index in [1.165, 1.54) is 4.40 Å². The number of nitrogens with zero attached hydrogens (tertiary/aromatic N) is 4. The van der Waals surface area contributed by atoms with E-state index in [9.17, 15) is 9.59 Å². The van der Waals surface area contributed by atoms with Crippen LogP contribution in [0.15, 0.2) is 53.5 Å². The Hall–Kier alpha value is -3.48. The average molecular weight is 345 g/mol. The van der Waals surface area contributed by atoms with E-state index in [1.807, 2.05) is 36.4 Å². The van der Waals surface area contributed by atoms with Crippen molar-refractivity contribution in [1.29, 1.82) is 0 Å². The van der Waals surface area contributed by atoms with Gasteiger partial charge in [0.2, 0.25) is 0 Å². The van der Waals surface area contributed by atoms with Crippen LogP contribution in [0.5, 0.6) is 0 Å². The lowest BCUT2D eigenvalue weighted by Gasteiger charge is -2.27. The third kappa shape index (κ3) is 2.13. The van der Waals surface area contributed by atoms with E-state index in [-0.39, 0.29) is 18.0 Å². The maximum absolute atomic E-state index is 13.0. The fourth-order valence-corrected chi connectivity index (χ4v) is 3.50. The minimum absolute atomic E-state index is 0.116. The van der Waals surface area contributed by atoms with E-state index < -0.39 is 0 Å². The number of aromatic amines is 1. The lowest BCUT2D eigenvalue weighted by Crippen LogP contribution is -2.40. The van der Waals surface area contributed by atoms with Gasteiger partial charge in [-0.3, -0.25) is 19.1 Å². The van der Waals surface area contributed by atoms with E-state index in [4.69, 9.17) is 0 Å². The largest absolute Gasteiger partial charge is 0.332 e. The van der Waals surface area contributed by atoms with E-state index >= 15 is 0 Å². The van der Waals surface area contributed by atoms with Crippen LogP contribution in [-0.4, -0.2) is 36.9 Å². The standard InChI is InChI=1S/C19H15N5O2/c25-18-13-11-23(10-8-14(13)20-16-7-3-4-9-24(16)18)19(26)17-12-5-1-2-6-15(12)21-22-17/h1-7,9H,8,10-11H2,(H,21,22). The van der Waals surface area contributed by atoms with Gasteiger partial charge in [-0.1, -0.05) is 24.3 Å². The molecule has 1 aromatic carbocycles. The van der Waals surface area contributed by atoms with Crippen LogP contribution in [0, 0.1) is 0 Å². The number of amides is 1. The predicted molar refractivity (Wildman–Crippen MR) is 96.0 cm³/mol. The number of carbonyl (C=O) groups is 1. The number of para-hydroxylation sites is 1. The number of rotatable bonds is 1. The molecule has 26 heavy (non-hydrogen) atoms. The van der Waals surface area contributed by atoms with Gasteiger partial charge in [-0.25, -0.2) is 4.98 Å². The second kappa shape index (κ2) is 5.52. The van der Waals surface area contributed by atoms with Gasteiger partial charge in [0, 0.05) is 24.5 Å². The van der Waals surface area contributed by atoms with Crippen molar-refractivity contribution in [3.8, 4) is 0 Å². The van der Waals surface area contributed by atoms with Crippen molar-refractivity contribution >= 4 is 22.5 Å². The summed E-state index contributed by atoms with van der Waals surface area (Å²) in [7, 11) is 0. The fraction of sp³-hybridized carbons (Fsp3) is 0.158. The second-order valence-corrected chi connectivity index (χ2v) is 6.37. The molecule has 7 heteroatoms. The number of carbonyl (C=O) groups excluding carboxylic acids is 1. The van der Waals surface area contributed by atoms with E-state index in [0.717, 1.165) is 16.6 Å².